The Balaban J connectivity index is 0.000000557. The molecule has 0 aliphatic carbocycles. The van der Waals surface area contributed by atoms with Crippen LogP contribution < -0.4 is 4.74 Å². The van der Waals surface area contributed by atoms with E-state index in [4.69, 9.17) is 25.3 Å². The average molecular weight is 320 g/mol. The number of halogens is 3. The molecule has 0 heterocycles. The third-order valence-corrected chi connectivity index (χ3v) is 1.94. The van der Waals surface area contributed by atoms with Gasteiger partial charge in [0.25, 0.3) is 0 Å². The van der Waals surface area contributed by atoms with E-state index in [0.29, 0.717) is 19.1 Å². The zero-order valence-corrected chi connectivity index (χ0v) is 12.3. The molecular weight excluding hydrogens is 307 g/mol. The zero-order valence-electron chi connectivity index (χ0n) is 9.20. The van der Waals surface area contributed by atoms with Gasteiger partial charge in [0.05, 0.1) is 6.61 Å². The van der Waals surface area contributed by atoms with Crippen molar-refractivity contribution < 1.29 is 13.7 Å². The number of hydrogen-bond acceptors (Lipinski definition) is 3. The second-order valence-electron chi connectivity index (χ2n) is 2.80. The molecule has 0 unspecified atom stereocenters. The van der Waals surface area contributed by atoms with E-state index in [1.165, 1.54) is 0 Å². The molecule has 0 saturated carbocycles. The first-order chi connectivity index (χ1) is 8.10. The van der Waals surface area contributed by atoms with Crippen LogP contribution in [0.2, 0.25) is 0 Å². The number of alkyl halides is 1. The van der Waals surface area contributed by atoms with Crippen LogP contribution in [0.3, 0.4) is 0 Å². The molecule has 0 aliphatic rings. The Morgan fingerprint density at radius 2 is 1.71 bits per heavy atom. The molecule has 0 aromatic heterocycles. The highest BCUT2D eigenvalue weighted by atomic mass is 36.0. The van der Waals surface area contributed by atoms with Gasteiger partial charge in [0.2, 0.25) is 9.23 Å². The van der Waals surface area contributed by atoms with Gasteiger partial charge in [0.1, 0.15) is 12.4 Å². The van der Waals surface area contributed by atoms with Gasteiger partial charge < -0.3 is 9.47 Å². The summed E-state index contributed by atoms with van der Waals surface area (Å²) in [5, 5.41) is 0. The standard InChI is InChI=1S/C10H13ClO2.Cl2OS/c1-12-6-7-13-10-4-2-9(8-11)3-5-10;1-4(2)3/h2-5H,6-8H2,1H3;. The Kier molecular flexibility index (Phi) is 11.1. The number of ether oxygens (including phenoxy) is 2. The van der Waals surface area contributed by atoms with E-state index < -0.39 is 9.23 Å². The predicted octanol–water partition coefficient (Wildman–Crippen LogP) is 3.49. The molecule has 3 nitrogen and oxygen atoms in total. The van der Waals surface area contributed by atoms with Crippen molar-refractivity contribution >= 4 is 42.2 Å². The van der Waals surface area contributed by atoms with Gasteiger partial charge >= 0.3 is 0 Å². The molecule has 7 heteroatoms. The van der Waals surface area contributed by atoms with E-state index >= 15 is 0 Å². The van der Waals surface area contributed by atoms with Crippen LogP contribution in [0.15, 0.2) is 24.3 Å². The third-order valence-electron chi connectivity index (χ3n) is 1.63. The fourth-order valence-electron chi connectivity index (χ4n) is 0.918. The van der Waals surface area contributed by atoms with Gasteiger partial charge in [-0.1, -0.05) is 12.1 Å². The van der Waals surface area contributed by atoms with Crippen molar-refractivity contribution in [1.82, 2.24) is 0 Å². The van der Waals surface area contributed by atoms with E-state index in [1.807, 2.05) is 24.3 Å². The topological polar surface area (TPSA) is 35.5 Å². The maximum absolute atomic E-state index is 9.09. The monoisotopic (exact) mass is 318 g/mol. The van der Waals surface area contributed by atoms with E-state index in [2.05, 4.69) is 21.4 Å². The predicted molar refractivity (Wildman–Crippen MR) is 73.2 cm³/mol. The van der Waals surface area contributed by atoms with Crippen LogP contribution in [0.5, 0.6) is 5.75 Å². The van der Waals surface area contributed by atoms with Gasteiger partial charge in [-0.2, -0.15) is 0 Å². The van der Waals surface area contributed by atoms with Crippen LogP contribution in [-0.2, 0) is 19.8 Å². The highest BCUT2D eigenvalue weighted by Crippen LogP contribution is 2.13. The fourth-order valence-corrected chi connectivity index (χ4v) is 1.10. The van der Waals surface area contributed by atoms with Crippen LogP contribution in [-0.4, -0.2) is 24.5 Å². The summed E-state index contributed by atoms with van der Waals surface area (Å²) in [6, 6.07) is 7.73. The molecule has 1 aromatic carbocycles. The first kappa shape index (κ1) is 17.0. The van der Waals surface area contributed by atoms with Crippen molar-refractivity contribution in [3.63, 3.8) is 0 Å². The fraction of sp³-hybridized carbons (Fsp3) is 0.400. The molecule has 0 spiro atoms. The lowest BCUT2D eigenvalue weighted by Crippen LogP contribution is -2.03. The Morgan fingerprint density at radius 1 is 1.18 bits per heavy atom. The number of rotatable bonds is 5. The summed E-state index contributed by atoms with van der Waals surface area (Å²) in [6.45, 7) is 1.19. The van der Waals surface area contributed by atoms with Crippen molar-refractivity contribution in [2.24, 2.45) is 0 Å². The summed E-state index contributed by atoms with van der Waals surface area (Å²) in [7, 11) is 9.01. The normalized spacial score (nSPS) is 9.71. The maximum atomic E-state index is 9.09. The van der Waals surface area contributed by atoms with Gasteiger partial charge in [-0.15, -0.1) is 11.6 Å². The van der Waals surface area contributed by atoms with E-state index in [9.17, 15) is 0 Å². The lowest BCUT2D eigenvalue weighted by Gasteiger charge is -2.05. The average Bonchev–Trinajstić information content (AvgIpc) is 2.30. The Hall–Kier alpha value is -0.000000000000000222. The Labute approximate surface area is 117 Å². The van der Waals surface area contributed by atoms with Crippen molar-refractivity contribution in [1.29, 1.82) is 0 Å². The molecule has 0 fully saturated rings. The van der Waals surface area contributed by atoms with Crippen LogP contribution in [0.25, 0.3) is 0 Å². The zero-order chi connectivity index (χ0) is 13.1. The van der Waals surface area contributed by atoms with E-state index in [0.717, 1.165) is 11.3 Å². The first-order valence-corrected chi connectivity index (χ1v) is 7.94. The minimum absolute atomic E-state index is 0.540. The highest BCUT2D eigenvalue weighted by Gasteiger charge is 1.93. The summed E-state index contributed by atoms with van der Waals surface area (Å²) < 4.78 is 19.3. The second-order valence-corrected chi connectivity index (χ2v) is 5.59. The molecule has 0 bridgehead atoms. The van der Waals surface area contributed by atoms with Crippen molar-refractivity contribution in [2.45, 2.75) is 5.88 Å². The SMILES string of the molecule is COCCOc1ccc(CCl)cc1.O=S(Cl)Cl. The molecule has 0 aliphatic heterocycles. The minimum Gasteiger partial charge on any atom is -0.491 e. The van der Waals surface area contributed by atoms with Crippen LogP contribution in [0, 0.1) is 0 Å². The van der Waals surface area contributed by atoms with Crippen molar-refractivity contribution in [3.8, 4) is 5.75 Å². The molecule has 0 N–H and O–H groups in total. The molecule has 0 saturated heterocycles. The van der Waals surface area contributed by atoms with Gasteiger partial charge in [0, 0.05) is 34.4 Å². The summed E-state index contributed by atoms with van der Waals surface area (Å²) in [6.07, 6.45) is 0. The quantitative estimate of drug-likeness (QED) is 0.473. The van der Waals surface area contributed by atoms with E-state index in [1.54, 1.807) is 7.11 Å². The molecule has 0 radical (unpaired) electrons. The molecule has 17 heavy (non-hydrogen) atoms. The number of methoxy groups -OCH3 is 1. The summed E-state index contributed by atoms with van der Waals surface area (Å²) in [5.74, 6) is 1.39. The molecule has 1 rings (SSSR count). The van der Waals surface area contributed by atoms with Crippen molar-refractivity contribution in [3.05, 3.63) is 29.8 Å². The van der Waals surface area contributed by atoms with Gasteiger partial charge in [0.15, 0.2) is 0 Å². The second kappa shape index (κ2) is 11.1. The molecule has 0 amide bonds. The number of hydrogen-bond donors (Lipinski definition) is 0. The van der Waals surface area contributed by atoms with Gasteiger partial charge in [-0.05, 0) is 17.7 Å². The molecule has 0 atom stereocenters. The van der Waals surface area contributed by atoms with Gasteiger partial charge in [-0.25, -0.2) is 4.21 Å². The number of benzene rings is 1. The smallest absolute Gasteiger partial charge is 0.211 e. The Bertz CT molecular complexity index is 315. The molecular formula is C10H13Cl3O3S. The van der Waals surface area contributed by atoms with Crippen molar-refractivity contribution in [2.75, 3.05) is 20.3 Å². The lowest BCUT2D eigenvalue weighted by atomic mass is 10.2. The first-order valence-electron chi connectivity index (χ1n) is 4.61. The van der Waals surface area contributed by atoms with Crippen LogP contribution >= 0.6 is 33.0 Å². The van der Waals surface area contributed by atoms with Crippen LogP contribution in [0.4, 0.5) is 0 Å². The van der Waals surface area contributed by atoms with Gasteiger partial charge in [-0.3, -0.25) is 0 Å². The largest absolute Gasteiger partial charge is 0.491 e. The lowest BCUT2D eigenvalue weighted by molar-refractivity contribution is 0.146. The maximum Gasteiger partial charge on any atom is 0.211 e. The highest BCUT2D eigenvalue weighted by molar-refractivity contribution is 8.26. The summed E-state index contributed by atoms with van der Waals surface area (Å²) >= 11 is 5.65. The Morgan fingerprint density at radius 3 is 2.12 bits per heavy atom. The van der Waals surface area contributed by atoms with Crippen LogP contribution in [0.1, 0.15) is 5.56 Å². The van der Waals surface area contributed by atoms with E-state index in [-0.39, 0.29) is 0 Å². The summed E-state index contributed by atoms with van der Waals surface area (Å²) in [5.41, 5.74) is 1.10. The third kappa shape index (κ3) is 10.9. The minimum atomic E-state index is -1.67. The summed E-state index contributed by atoms with van der Waals surface area (Å²) in [4.78, 5) is 0. The molecule has 1 aromatic rings. The molecule has 98 valence electrons.